The summed E-state index contributed by atoms with van der Waals surface area (Å²) in [5, 5.41) is 9.58. The van der Waals surface area contributed by atoms with Crippen molar-refractivity contribution in [3.8, 4) is 11.5 Å². The van der Waals surface area contributed by atoms with Gasteiger partial charge in [-0.3, -0.25) is 4.79 Å². The molecule has 0 bridgehead atoms. The van der Waals surface area contributed by atoms with E-state index in [4.69, 9.17) is 9.47 Å². The fourth-order valence-corrected chi connectivity index (χ4v) is 4.21. The van der Waals surface area contributed by atoms with Crippen molar-refractivity contribution in [3.63, 3.8) is 0 Å². The van der Waals surface area contributed by atoms with E-state index in [1.807, 2.05) is 24.1 Å². The van der Waals surface area contributed by atoms with E-state index in [0.29, 0.717) is 35.8 Å². The number of aromatic carboxylic acids is 1. The largest absolute Gasteiger partial charge is 0.477 e. The predicted octanol–water partition coefficient (Wildman–Crippen LogP) is 2.37. The molecule has 2 aromatic carbocycles. The summed E-state index contributed by atoms with van der Waals surface area (Å²) >= 11 is 0. The van der Waals surface area contributed by atoms with Gasteiger partial charge in [0.15, 0.2) is 11.5 Å². The molecule has 0 saturated carbocycles. The highest BCUT2D eigenvalue weighted by Gasteiger charge is 2.22. The average Bonchev–Trinajstić information content (AvgIpc) is 3.24. The number of likely N-dealkylation sites (N-methyl/N-ethyl adjacent to an activating group) is 1. The van der Waals surface area contributed by atoms with Crippen LogP contribution in [0.4, 0.5) is 10.1 Å². The molecule has 0 amide bonds. The van der Waals surface area contributed by atoms with Gasteiger partial charge in [0.2, 0.25) is 12.2 Å². The normalized spacial score (nSPS) is 16.0. The van der Waals surface area contributed by atoms with Crippen LogP contribution in [0.5, 0.6) is 11.5 Å². The lowest BCUT2D eigenvalue weighted by Gasteiger charge is -2.34. The molecule has 2 aliphatic heterocycles. The lowest BCUT2D eigenvalue weighted by molar-refractivity contribution is 0.0695. The molecular weight excluding hydrogens is 417 g/mol. The molecule has 0 radical (unpaired) electrons. The Balaban J connectivity index is 1.64. The van der Waals surface area contributed by atoms with E-state index >= 15 is 4.39 Å². The third-order valence-electron chi connectivity index (χ3n) is 6.01. The molecule has 2 aliphatic rings. The Hall–Kier alpha value is -3.59. The first-order valence-corrected chi connectivity index (χ1v) is 10.3. The van der Waals surface area contributed by atoms with Gasteiger partial charge in [-0.1, -0.05) is 6.07 Å². The second kappa shape index (κ2) is 7.83. The summed E-state index contributed by atoms with van der Waals surface area (Å²) in [6, 6.07) is 8.26. The minimum absolute atomic E-state index is 0.0426. The van der Waals surface area contributed by atoms with E-state index in [1.54, 1.807) is 16.7 Å². The number of carboxylic acids is 1. The number of aromatic nitrogens is 1. The van der Waals surface area contributed by atoms with Crippen molar-refractivity contribution in [2.24, 2.45) is 0 Å². The van der Waals surface area contributed by atoms with Crippen LogP contribution in [0.2, 0.25) is 0 Å². The van der Waals surface area contributed by atoms with Crippen LogP contribution in [0.25, 0.3) is 10.9 Å². The summed E-state index contributed by atoms with van der Waals surface area (Å²) < 4.78 is 27.5. The fraction of sp³-hybridized carbons (Fsp3) is 0.304. The Bertz CT molecular complexity index is 1280. The lowest BCUT2D eigenvalue weighted by atomic mass is 10.1. The zero-order valence-corrected chi connectivity index (χ0v) is 17.5. The third-order valence-corrected chi connectivity index (χ3v) is 6.01. The van der Waals surface area contributed by atoms with Gasteiger partial charge in [-0.2, -0.15) is 0 Å². The van der Waals surface area contributed by atoms with Crippen molar-refractivity contribution >= 4 is 22.6 Å². The lowest BCUT2D eigenvalue weighted by Crippen LogP contribution is -2.44. The summed E-state index contributed by atoms with van der Waals surface area (Å²) in [6.45, 7) is 3.37. The number of anilines is 1. The van der Waals surface area contributed by atoms with E-state index < -0.39 is 22.8 Å². The predicted molar refractivity (Wildman–Crippen MR) is 117 cm³/mol. The van der Waals surface area contributed by atoms with E-state index in [9.17, 15) is 14.7 Å². The van der Waals surface area contributed by atoms with E-state index in [1.165, 1.54) is 6.20 Å². The Labute approximate surface area is 183 Å². The van der Waals surface area contributed by atoms with Gasteiger partial charge in [0.25, 0.3) is 0 Å². The minimum atomic E-state index is -1.35. The van der Waals surface area contributed by atoms with E-state index in [0.717, 1.165) is 24.7 Å². The number of pyridine rings is 1. The molecule has 3 aromatic rings. The van der Waals surface area contributed by atoms with Crippen molar-refractivity contribution in [1.29, 1.82) is 0 Å². The van der Waals surface area contributed by atoms with Gasteiger partial charge in [0, 0.05) is 44.3 Å². The quantitative estimate of drug-likeness (QED) is 0.668. The van der Waals surface area contributed by atoms with Crippen molar-refractivity contribution in [2.45, 2.75) is 6.54 Å². The number of halogens is 1. The average molecular weight is 439 g/mol. The SMILES string of the molecule is CN1CCN(c2cc3c(cc2F)c(=O)c(C(=O)O)cn3Cc2ccc3c(c2)OCO3)CC1. The van der Waals surface area contributed by atoms with Crippen molar-refractivity contribution in [2.75, 3.05) is 44.9 Å². The first-order valence-electron chi connectivity index (χ1n) is 10.3. The monoisotopic (exact) mass is 439 g/mol. The molecule has 1 fully saturated rings. The van der Waals surface area contributed by atoms with Crippen LogP contribution >= 0.6 is 0 Å². The molecule has 9 heteroatoms. The van der Waals surface area contributed by atoms with Gasteiger partial charge in [-0.25, -0.2) is 9.18 Å². The number of fused-ring (bicyclic) bond motifs is 2. The van der Waals surface area contributed by atoms with Crippen LogP contribution in [0, 0.1) is 5.82 Å². The van der Waals surface area contributed by atoms with Gasteiger partial charge in [0.05, 0.1) is 11.2 Å². The van der Waals surface area contributed by atoms with Crippen LogP contribution in [0.15, 0.2) is 41.3 Å². The summed E-state index contributed by atoms with van der Waals surface area (Å²) in [5.41, 5.74) is 0.629. The number of carboxylic acid groups (broad SMARTS) is 1. The van der Waals surface area contributed by atoms with Crippen LogP contribution in [0.3, 0.4) is 0 Å². The number of benzene rings is 2. The molecule has 1 saturated heterocycles. The number of hydrogen-bond donors (Lipinski definition) is 1. The van der Waals surface area contributed by atoms with Crippen LogP contribution < -0.4 is 19.8 Å². The molecule has 0 unspecified atom stereocenters. The zero-order chi connectivity index (χ0) is 22.4. The summed E-state index contributed by atoms with van der Waals surface area (Å²) in [4.78, 5) is 28.6. The molecule has 1 N–H and O–H groups in total. The first kappa shape index (κ1) is 20.3. The number of nitrogens with zero attached hydrogens (tertiary/aromatic N) is 3. The Morgan fingerprint density at radius 2 is 1.84 bits per heavy atom. The Kier molecular flexibility index (Phi) is 4.97. The highest BCUT2D eigenvalue weighted by atomic mass is 19.1. The fourth-order valence-electron chi connectivity index (χ4n) is 4.21. The highest BCUT2D eigenvalue weighted by Crippen LogP contribution is 2.33. The highest BCUT2D eigenvalue weighted by molar-refractivity contribution is 5.93. The van der Waals surface area contributed by atoms with Gasteiger partial charge >= 0.3 is 5.97 Å². The van der Waals surface area contributed by atoms with Crippen LogP contribution in [-0.2, 0) is 6.54 Å². The zero-order valence-electron chi connectivity index (χ0n) is 17.5. The molecule has 5 rings (SSSR count). The molecule has 0 atom stereocenters. The standard InChI is InChI=1S/C23H22FN3O5/c1-25-4-6-26(7-5-25)19-10-18-15(9-17(19)24)22(28)16(23(29)30)12-27(18)11-14-2-3-20-21(8-14)32-13-31-20/h2-3,8-10,12H,4-7,11,13H2,1H3,(H,29,30). The number of piperazine rings is 1. The van der Waals surface area contributed by atoms with E-state index in [-0.39, 0.29) is 18.7 Å². The van der Waals surface area contributed by atoms with Gasteiger partial charge in [-0.05, 0) is 36.9 Å². The van der Waals surface area contributed by atoms with Crippen LogP contribution in [0.1, 0.15) is 15.9 Å². The molecule has 166 valence electrons. The molecule has 3 heterocycles. The maximum Gasteiger partial charge on any atom is 0.341 e. The maximum atomic E-state index is 15.0. The summed E-state index contributed by atoms with van der Waals surface area (Å²) in [5.74, 6) is -0.629. The molecular formula is C23H22FN3O5. The van der Waals surface area contributed by atoms with Gasteiger partial charge < -0.3 is 28.9 Å². The number of carbonyl (C=O) groups is 1. The van der Waals surface area contributed by atoms with E-state index in [2.05, 4.69) is 4.90 Å². The Morgan fingerprint density at radius 1 is 1.09 bits per heavy atom. The summed E-state index contributed by atoms with van der Waals surface area (Å²) in [6.07, 6.45) is 1.32. The molecule has 8 nitrogen and oxygen atoms in total. The maximum absolute atomic E-state index is 15.0. The minimum Gasteiger partial charge on any atom is -0.477 e. The van der Waals surface area contributed by atoms with Crippen molar-refractivity contribution in [3.05, 3.63) is 63.7 Å². The second-order valence-corrected chi connectivity index (χ2v) is 8.10. The number of hydrogen-bond acceptors (Lipinski definition) is 6. The van der Waals surface area contributed by atoms with Crippen LogP contribution in [-0.4, -0.2) is 60.6 Å². The smallest absolute Gasteiger partial charge is 0.341 e. The topological polar surface area (TPSA) is 84.2 Å². The Morgan fingerprint density at radius 3 is 2.59 bits per heavy atom. The van der Waals surface area contributed by atoms with Gasteiger partial charge in [-0.15, -0.1) is 0 Å². The number of ether oxygens (including phenoxy) is 2. The van der Waals surface area contributed by atoms with Gasteiger partial charge in [0.1, 0.15) is 11.4 Å². The number of rotatable bonds is 4. The van der Waals surface area contributed by atoms with Crippen molar-refractivity contribution in [1.82, 2.24) is 9.47 Å². The molecule has 0 spiro atoms. The summed E-state index contributed by atoms with van der Waals surface area (Å²) in [7, 11) is 2.02. The second-order valence-electron chi connectivity index (χ2n) is 8.10. The molecule has 32 heavy (non-hydrogen) atoms. The first-order chi connectivity index (χ1) is 15.4. The third kappa shape index (κ3) is 3.54. The molecule has 1 aromatic heterocycles. The molecule has 0 aliphatic carbocycles. The van der Waals surface area contributed by atoms with Crippen molar-refractivity contribution < 1.29 is 23.8 Å².